The van der Waals surface area contributed by atoms with E-state index in [-0.39, 0.29) is 11.6 Å². The summed E-state index contributed by atoms with van der Waals surface area (Å²) in [5, 5.41) is 0. The SMILES string of the molecule is Cc1ccc2c(c1)CS(=O)(=O)N=C2N. The van der Waals surface area contributed by atoms with Crippen LogP contribution in [0.1, 0.15) is 16.7 Å². The maximum absolute atomic E-state index is 11.3. The highest BCUT2D eigenvalue weighted by Crippen LogP contribution is 2.20. The van der Waals surface area contributed by atoms with Crippen molar-refractivity contribution in [3.8, 4) is 0 Å². The highest BCUT2D eigenvalue weighted by Gasteiger charge is 2.21. The number of hydrogen-bond acceptors (Lipinski definition) is 3. The molecule has 74 valence electrons. The lowest BCUT2D eigenvalue weighted by atomic mass is 10.1. The van der Waals surface area contributed by atoms with Gasteiger partial charge in [0.2, 0.25) is 0 Å². The van der Waals surface area contributed by atoms with Gasteiger partial charge in [0.25, 0.3) is 10.0 Å². The van der Waals surface area contributed by atoms with Crippen LogP contribution < -0.4 is 5.73 Å². The Morgan fingerprint density at radius 1 is 1.43 bits per heavy atom. The molecule has 4 nitrogen and oxygen atoms in total. The van der Waals surface area contributed by atoms with E-state index in [2.05, 4.69) is 4.40 Å². The molecule has 1 aliphatic rings. The lowest BCUT2D eigenvalue weighted by molar-refractivity contribution is 0.596. The average molecular weight is 210 g/mol. The molecule has 1 heterocycles. The summed E-state index contributed by atoms with van der Waals surface area (Å²) in [6, 6.07) is 5.52. The smallest absolute Gasteiger partial charge is 0.259 e. The number of nitrogens with zero attached hydrogens (tertiary/aromatic N) is 1. The Hall–Kier alpha value is -1.36. The lowest BCUT2D eigenvalue weighted by Crippen LogP contribution is -2.23. The lowest BCUT2D eigenvalue weighted by Gasteiger charge is -2.13. The zero-order chi connectivity index (χ0) is 10.3. The van der Waals surface area contributed by atoms with Crippen molar-refractivity contribution in [2.45, 2.75) is 12.7 Å². The number of hydrogen-bond donors (Lipinski definition) is 1. The van der Waals surface area contributed by atoms with Crippen LogP contribution in [0, 0.1) is 6.92 Å². The highest BCUT2D eigenvalue weighted by atomic mass is 32.2. The van der Waals surface area contributed by atoms with E-state index in [0.717, 1.165) is 16.7 Å². The molecule has 1 aromatic carbocycles. The zero-order valence-corrected chi connectivity index (χ0v) is 8.50. The predicted molar refractivity (Wildman–Crippen MR) is 54.5 cm³/mol. The molecular formula is C9H10N2O2S. The second-order valence-electron chi connectivity index (χ2n) is 3.36. The molecule has 1 aliphatic heterocycles. The predicted octanol–water partition coefficient (Wildman–Crippen LogP) is 0.544. The molecule has 0 fully saturated rings. The summed E-state index contributed by atoms with van der Waals surface area (Å²) in [4.78, 5) is 0. The van der Waals surface area contributed by atoms with Crippen molar-refractivity contribution in [1.29, 1.82) is 0 Å². The third-order valence-corrected chi connectivity index (χ3v) is 3.26. The Labute approximate surface area is 82.5 Å². The fourth-order valence-electron chi connectivity index (χ4n) is 1.52. The van der Waals surface area contributed by atoms with Gasteiger partial charge in [-0.3, -0.25) is 0 Å². The van der Waals surface area contributed by atoms with Gasteiger partial charge in [0.1, 0.15) is 5.84 Å². The van der Waals surface area contributed by atoms with Gasteiger partial charge >= 0.3 is 0 Å². The third kappa shape index (κ3) is 1.50. The van der Waals surface area contributed by atoms with Crippen molar-refractivity contribution in [3.05, 3.63) is 34.9 Å². The van der Waals surface area contributed by atoms with Crippen molar-refractivity contribution in [1.82, 2.24) is 0 Å². The Kier molecular flexibility index (Phi) is 1.85. The first kappa shape index (κ1) is 9.21. The van der Waals surface area contributed by atoms with Gasteiger partial charge in [-0.25, -0.2) is 8.42 Å². The van der Waals surface area contributed by atoms with Crippen molar-refractivity contribution < 1.29 is 8.42 Å². The zero-order valence-electron chi connectivity index (χ0n) is 7.69. The molecule has 5 heteroatoms. The van der Waals surface area contributed by atoms with E-state index in [1.54, 1.807) is 6.07 Å². The van der Waals surface area contributed by atoms with Crippen LogP contribution in [0.15, 0.2) is 22.6 Å². The van der Waals surface area contributed by atoms with Crippen molar-refractivity contribution in [3.63, 3.8) is 0 Å². The first-order valence-electron chi connectivity index (χ1n) is 4.16. The standard InChI is InChI=1S/C9H10N2O2S/c1-6-2-3-8-7(4-6)5-14(12,13)11-9(8)10/h2-4H,5H2,1H3,(H2,10,11). The summed E-state index contributed by atoms with van der Waals surface area (Å²) in [5.74, 6) is 0.0382. The van der Waals surface area contributed by atoms with Crippen LogP contribution in [0.5, 0.6) is 0 Å². The maximum atomic E-state index is 11.3. The molecule has 0 amide bonds. The van der Waals surface area contributed by atoms with Gasteiger partial charge in [0, 0.05) is 5.56 Å². The van der Waals surface area contributed by atoms with Crippen LogP contribution in [-0.4, -0.2) is 14.3 Å². The maximum Gasteiger partial charge on any atom is 0.259 e. The molecule has 0 aliphatic carbocycles. The molecule has 2 N–H and O–H groups in total. The minimum atomic E-state index is -3.40. The molecule has 0 aromatic heterocycles. The van der Waals surface area contributed by atoms with Gasteiger partial charge in [0.15, 0.2) is 0 Å². The summed E-state index contributed by atoms with van der Waals surface area (Å²) >= 11 is 0. The molecule has 0 spiro atoms. The molecule has 2 rings (SSSR count). The molecular weight excluding hydrogens is 200 g/mol. The molecule has 0 saturated heterocycles. The summed E-state index contributed by atoms with van der Waals surface area (Å²) in [5.41, 5.74) is 8.03. The normalized spacial score (nSPS) is 18.5. The molecule has 0 atom stereocenters. The Morgan fingerprint density at radius 2 is 2.14 bits per heavy atom. The summed E-state index contributed by atoms with van der Waals surface area (Å²) in [7, 11) is -3.40. The number of aryl methyl sites for hydroxylation is 1. The van der Waals surface area contributed by atoms with E-state index in [9.17, 15) is 8.42 Å². The first-order chi connectivity index (χ1) is 6.48. The van der Waals surface area contributed by atoms with Crippen molar-refractivity contribution >= 4 is 15.9 Å². The third-order valence-electron chi connectivity index (χ3n) is 2.11. The number of benzene rings is 1. The molecule has 0 bridgehead atoms. The number of rotatable bonds is 0. The van der Waals surface area contributed by atoms with Gasteiger partial charge < -0.3 is 5.73 Å². The van der Waals surface area contributed by atoms with Gasteiger partial charge in [-0.05, 0) is 12.5 Å². The minimum absolute atomic E-state index is 0.0509. The van der Waals surface area contributed by atoms with Gasteiger partial charge in [-0.2, -0.15) is 0 Å². The molecule has 0 unspecified atom stereocenters. The molecule has 0 saturated carbocycles. The molecule has 14 heavy (non-hydrogen) atoms. The quantitative estimate of drug-likeness (QED) is 0.679. The topological polar surface area (TPSA) is 72.5 Å². The fraction of sp³-hybridized carbons (Fsp3) is 0.222. The van der Waals surface area contributed by atoms with Crippen LogP contribution in [0.4, 0.5) is 0 Å². The fourth-order valence-corrected chi connectivity index (χ4v) is 2.61. The van der Waals surface area contributed by atoms with E-state index in [0.29, 0.717) is 0 Å². The van der Waals surface area contributed by atoms with Crippen molar-refractivity contribution in [2.75, 3.05) is 0 Å². The second-order valence-corrected chi connectivity index (χ2v) is 5.00. The number of fused-ring (bicyclic) bond motifs is 1. The van der Waals surface area contributed by atoms with Crippen LogP contribution >= 0.6 is 0 Å². The van der Waals surface area contributed by atoms with Gasteiger partial charge in [-0.1, -0.05) is 23.8 Å². The summed E-state index contributed by atoms with van der Waals surface area (Å²) in [6.07, 6.45) is 0. The number of amidine groups is 1. The van der Waals surface area contributed by atoms with E-state index in [1.165, 1.54) is 0 Å². The van der Waals surface area contributed by atoms with Crippen LogP contribution in [0.3, 0.4) is 0 Å². The number of sulfonamides is 1. The van der Waals surface area contributed by atoms with Gasteiger partial charge in [0.05, 0.1) is 5.75 Å². The van der Waals surface area contributed by atoms with Crippen LogP contribution in [-0.2, 0) is 15.8 Å². The van der Waals surface area contributed by atoms with E-state index in [4.69, 9.17) is 5.73 Å². The second kappa shape index (κ2) is 2.81. The monoisotopic (exact) mass is 210 g/mol. The largest absolute Gasteiger partial charge is 0.383 e. The summed E-state index contributed by atoms with van der Waals surface area (Å²) < 4.78 is 26.0. The minimum Gasteiger partial charge on any atom is -0.383 e. The highest BCUT2D eigenvalue weighted by molar-refractivity contribution is 7.89. The Bertz CT molecular complexity index is 518. The first-order valence-corrected chi connectivity index (χ1v) is 5.77. The van der Waals surface area contributed by atoms with Crippen molar-refractivity contribution in [2.24, 2.45) is 10.1 Å². The van der Waals surface area contributed by atoms with Gasteiger partial charge in [-0.15, -0.1) is 4.40 Å². The van der Waals surface area contributed by atoms with E-state index >= 15 is 0 Å². The van der Waals surface area contributed by atoms with Crippen LogP contribution in [0.25, 0.3) is 0 Å². The molecule has 0 radical (unpaired) electrons. The molecule has 1 aromatic rings. The Morgan fingerprint density at radius 3 is 2.86 bits per heavy atom. The summed E-state index contributed by atoms with van der Waals surface area (Å²) in [6.45, 7) is 1.91. The number of nitrogens with two attached hydrogens (primary N) is 1. The Balaban J connectivity index is 2.68. The van der Waals surface area contributed by atoms with E-state index < -0.39 is 10.0 Å². The average Bonchev–Trinajstić information content (AvgIpc) is 2.00. The van der Waals surface area contributed by atoms with E-state index in [1.807, 2.05) is 19.1 Å². The van der Waals surface area contributed by atoms with Crippen LogP contribution in [0.2, 0.25) is 0 Å².